The second-order valence-electron chi connectivity index (χ2n) is 5.22. The van der Waals surface area contributed by atoms with Crippen molar-refractivity contribution in [1.82, 2.24) is 14.7 Å². The van der Waals surface area contributed by atoms with Gasteiger partial charge >= 0.3 is 0 Å². The third-order valence-electron chi connectivity index (χ3n) is 3.48. The quantitative estimate of drug-likeness (QED) is 0.776. The van der Waals surface area contributed by atoms with Crippen molar-refractivity contribution in [3.8, 4) is 5.75 Å². The summed E-state index contributed by atoms with van der Waals surface area (Å²) in [6.45, 7) is 2.33. The minimum atomic E-state index is -0.277. The van der Waals surface area contributed by atoms with Crippen LogP contribution in [0.3, 0.4) is 0 Å². The van der Waals surface area contributed by atoms with E-state index in [0.29, 0.717) is 18.5 Å². The lowest BCUT2D eigenvalue weighted by Gasteiger charge is -2.06. The van der Waals surface area contributed by atoms with Crippen molar-refractivity contribution in [2.45, 2.75) is 13.3 Å². The summed E-state index contributed by atoms with van der Waals surface area (Å²) >= 11 is 0. The van der Waals surface area contributed by atoms with Crippen molar-refractivity contribution in [2.24, 2.45) is 0 Å². The number of hydrogen-bond donors (Lipinski definition) is 2. The highest BCUT2D eigenvalue weighted by molar-refractivity contribution is 5.96. The van der Waals surface area contributed by atoms with E-state index in [0.717, 1.165) is 16.9 Å². The SMILES string of the molecule is Cc1ccc(C(=O)NCCc2cn3ccccc3n2)c(O)c1. The maximum atomic E-state index is 12.0. The van der Waals surface area contributed by atoms with E-state index in [1.807, 2.05) is 41.9 Å². The van der Waals surface area contributed by atoms with Gasteiger partial charge in [0.1, 0.15) is 11.4 Å². The molecule has 2 aromatic heterocycles. The van der Waals surface area contributed by atoms with E-state index in [2.05, 4.69) is 10.3 Å². The summed E-state index contributed by atoms with van der Waals surface area (Å²) in [6, 6.07) is 10.8. The van der Waals surface area contributed by atoms with Crippen LogP contribution in [0.25, 0.3) is 5.65 Å². The van der Waals surface area contributed by atoms with Gasteiger partial charge in [-0.1, -0.05) is 12.1 Å². The van der Waals surface area contributed by atoms with Crippen molar-refractivity contribution >= 4 is 11.6 Å². The maximum Gasteiger partial charge on any atom is 0.255 e. The van der Waals surface area contributed by atoms with Crippen molar-refractivity contribution in [2.75, 3.05) is 6.54 Å². The summed E-state index contributed by atoms with van der Waals surface area (Å²) in [5.74, 6) is -0.272. The van der Waals surface area contributed by atoms with Gasteiger partial charge in [-0.05, 0) is 36.8 Å². The van der Waals surface area contributed by atoms with Crippen molar-refractivity contribution < 1.29 is 9.90 Å². The maximum absolute atomic E-state index is 12.0. The number of phenolic OH excluding ortho intramolecular Hbond substituents is 1. The molecule has 0 aliphatic carbocycles. The van der Waals surface area contributed by atoms with Crippen LogP contribution in [0.5, 0.6) is 5.75 Å². The van der Waals surface area contributed by atoms with Gasteiger partial charge in [0.15, 0.2) is 0 Å². The summed E-state index contributed by atoms with van der Waals surface area (Å²) in [6.07, 6.45) is 4.53. The lowest BCUT2D eigenvalue weighted by molar-refractivity contribution is 0.0951. The number of benzene rings is 1. The Kier molecular flexibility index (Phi) is 3.78. The number of carbonyl (C=O) groups is 1. The molecule has 0 radical (unpaired) electrons. The number of hydrogen-bond acceptors (Lipinski definition) is 3. The van der Waals surface area contributed by atoms with Crippen LogP contribution in [-0.4, -0.2) is 26.9 Å². The van der Waals surface area contributed by atoms with Crippen molar-refractivity contribution in [3.05, 3.63) is 65.6 Å². The molecule has 0 aliphatic heterocycles. The first kappa shape index (κ1) is 14.1. The number of pyridine rings is 1. The summed E-state index contributed by atoms with van der Waals surface area (Å²) < 4.78 is 1.95. The number of aromatic nitrogens is 2. The van der Waals surface area contributed by atoms with Gasteiger partial charge in [0.05, 0.1) is 11.3 Å². The Morgan fingerprint density at radius 3 is 2.95 bits per heavy atom. The number of carbonyl (C=O) groups excluding carboxylic acids is 1. The van der Waals surface area contributed by atoms with E-state index < -0.39 is 0 Å². The fraction of sp³-hybridized carbons (Fsp3) is 0.176. The van der Waals surface area contributed by atoms with Gasteiger partial charge in [-0.25, -0.2) is 4.98 Å². The molecule has 112 valence electrons. The summed E-state index contributed by atoms with van der Waals surface area (Å²) in [7, 11) is 0. The molecule has 5 heteroatoms. The van der Waals surface area contributed by atoms with Gasteiger partial charge in [-0.3, -0.25) is 4.79 Å². The van der Waals surface area contributed by atoms with Gasteiger partial charge in [0.2, 0.25) is 0 Å². The Hall–Kier alpha value is -2.82. The predicted octanol–water partition coefficient (Wildman–Crippen LogP) is 2.32. The summed E-state index contributed by atoms with van der Waals surface area (Å²) in [5.41, 5.74) is 3.01. The van der Waals surface area contributed by atoms with Crippen LogP contribution in [0.2, 0.25) is 0 Å². The average molecular weight is 295 g/mol. The second kappa shape index (κ2) is 5.89. The van der Waals surface area contributed by atoms with Crippen LogP contribution < -0.4 is 5.32 Å². The van der Waals surface area contributed by atoms with Gasteiger partial charge in [-0.2, -0.15) is 0 Å². The van der Waals surface area contributed by atoms with Crippen molar-refractivity contribution in [3.63, 3.8) is 0 Å². The summed E-state index contributed by atoms with van der Waals surface area (Å²) in [4.78, 5) is 16.5. The molecule has 0 saturated carbocycles. The molecule has 2 heterocycles. The van der Waals surface area contributed by atoms with Gasteiger partial charge in [-0.15, -0.1) is 0 Å². The van der Waals surface area contributed by atoms with E-state index >= 15 is 0 Å². The van der Waals surface area contributed by atoms with Gasteiger partial charge < -0.3 is 14.8 Å². The third kappa shape index (κ3) is 2.93. The highest BCUT2D eigenvalue weighted by Crippen LogP contribution is 2.18. The Balaban J connectivity index is 1.61. The number of phenols is 1. The number of nitrogens with zero attached hydrogens (tertiary/aromatic N) is 2. The largest absolute Gasteiger partial charge is 0.507 e. The lowest BCUT2D eigenvalue weighted by atomic mass is 10.1. The first-order valence-electron chi connectivity index (χ1n) is 7.14. The van der Waals surface area contributed by atoms with E-state index in [-0.39, 0.29) is 11.7 Å². The van der Waals surface area contributed by atoms with Gasteiger partial charge in [0.25, 0.3) is 5.91 Å². The fourth-order valence-corrected chi connectivity index (χ4v) is 2.34. The van der Waals surface area contributed by atoms with Crippen LogP contribution in [0.15, 0.2) is 48.8 Å². The topological polar surface area (TPSA) is 66.6 Å². The Bertz CT molecular complexity index is 791. The van der Waals surface area contributed by atoms with Crippen LogP contribution in [0.1, 0.15) is 21.6 Å². The van der Waals surface area contributed by atoms with Crippen molar-refractivity contribution in [1.29, 1.82) is 0 Å². The lowest BCUT2D eigenvalue weighted by Crippen LogP contribution is -2.25. The number of aryl methyl sites for hydroxylation is 1. The second-order valence-corrected chi connectivity index (χ2v) is 5.22. The molecule has 5 nitrogen and oxygen atoms in total. The standard InChI is InChI=1S/C17H17N3O2/c1-12-5-6-14(15(21)10-12)17(22)18-8-7-13-11-20-9-3-2-4-16(20)19-13/h2-6,9-11,21H,7-8H2,1H3,(H,18,22). The zero-order valence-electron chi connectivity index (χ0n) is 12.3. The molecule has 0 spiro atoms. The first-order chi connectivity index (χ1) is 10.6. The number of amides is 1. The molecule has 0 bridgehead atoms. The first-order valence-corrected chi connectivity index (χ1v) is 7.14. The number of aromatic hydroxyl groups is 1. The van der Waals surface area contributed by atoms with Gasteiger partial charge in [0, 0.05) is 25.4 Å². The molecule has 0 unspecified atom stereocenters. The number of nitrogens with one attached hydrogen (secondary N) is 1. The van der Waals surface area contributed by atoms with E-state index in [1.54, 1.807) is 18.2 Å². The molecule has 0 fully saturated rings. The molecule has 0 atom stereocenters. The Labute approximate surface area is 128 Å². The third-order valence-corrected chi connectivity index (χ3v) is 3.48. The minimum Gasteiger partial charge on any atom is -0.507 e. The van der Waals surface area contributed by atoms with Crippen LogP contribution in [-0.2, 0) is 6.42 Å². The molecular formula is C17H17N3O2. The highest BCUT2D eigenvalue weighted by atomic mass is 16.3. The van der Waals surface area contributed by atoms with E-state index in [9.17, 15) is 9.90 Å². The molecule has 1 amide bonds. The molecule has 3 aromatic rings. The summed E-state index contributed by atoms with van der Waals surface area (Å²) in [5, 5.41) is 12.6. The molecule has 0 aliphatic rings. The molecule has 0 saturated heterocycles. The zero-order chi connectivity index (χ0) is 15.5. The molecule has 22 heavy (non-hydrogen) atoms. The van der Waals surface area contributed by atoms with Crippen LogP contribution >= 0.6 is 0 Å². The normalized spacial score (nSPS) is 10.8. The Morgan fingerprint density at radius 2 is 2.18 bits per heavy atom. The van der Waals surface area contributed by atoms with E-state index in [1.165, 1.54) is 0 Å². The van der Waals surface area contributed by atoms with Crippen LogP contribution in [0.4, 0.5) is 0 Å². The molecule has 3 rings (SSSR count). The predicted molar refractivity (Wildman–Crippen MR) is 84.1 cm³/mol. The Morgan fingerprint density at radius 1 is 1.32 bits per heavy atom. The molecule has 1 aromatic carbocycles. The average Bonchev–Trinajstić information content (AvgIpc) is 2.89. The smallest absolute Gasteiger partial charge is 0.255 e. The molecule has 2 N–H and O–H groups in total. The minimum absolute atomic E-state index is 0.00484. The number of rotatable bonds is 4. The number of imidazole rings is 1. The zero-order valence-corrected chi connectivity index (χ0v) is 12.3. The highest BCUT2D eigenvalue weighted by Gasteiger charge is 2.10. The van der Waals surface area contributed by atoms with Crippen LogP contribution in [0, 0.1) is 6.92 Å². The number of fused-ring (bicyclic) bond motifs is 1. The monoisotopic (exact) mass is 295 g/mol. The van der Waals surface area contributed by atoms with E-state index in [4.69, 9.17) is 0 Å². The molecular weight excluding hydrogens is 278 g/mol. The fourth-order valence-electron chi connectivity index (χ4n) is 2.34.